The Morgan fingerprint density at radius 3 is 1.26 bits per heavy atom. The summed E-state index contributed by atoms with van der Waals surface area (Å²) in [6.07, 6.45) is 7.51. The number of benzene rings is 3. The second-order valence-electron chi connectivity index (χ2n) is 7.67. The van der Waals surface area contributed by atoms with E-state index in [2.05, 4.69) is 91.0 Å². The predicted octanol–water partition coefficient (Wildman–Crippen LogP) is 5.97. The van der Waals surface area contributed by atoms with Gasteiger partial charge in [0.1, 0.15) is 0 Å². The summed E-state index contributed by atoms with van der Waals surface area (Å²) in [6.45, 7) is 0. The summed E-state index contributed by atoms with van der Waals surface area (Å²) in [5.74, 6) is 0. The van der Waals surface area contributed by atoms with Crippen molar-refractivity contribution in [1.82, 2.24) is 0 Å². The lowest BCUT2D eigenvalue weighted by Crippen LogP contribution is -2.41. The van der Waals surface area contributed by atoms with E-state index in [0.717, 1.165) is 44.9 Å². The van der Waals surface area contributed by atoms with Gasteiger partial charge in [-0.15, -0.1) is 0 Å². The van der Waals surface area contributed by atoms with Gasteiger partial charge in [-0.3, -0.25) is 0 Å². The highest BCUT2D eigenvalue weighted by molar-refractivity contribution is 5.18. The summed E-state index contributed by atoms with van der Waals surface area (Å²) in [6, 6.07) is 32.2. The van der Waals surface area contributed by atoms with Crippen molar-refractivity contribution in [1.29, 1.82) is 0 Å². The van der Waals surface area contributed by atoms with Gasteiger partial charge in [0.2, 0.25) is 0 Å². The molecule has 3 rings (SSSR count). The molecule has 27 heavy (non-hydrogen) atoms. The van der Waals surface area contributed by atoms with E-state index in [1.54, 1.807) is 0 Å². The molecule has 0 heterocycles. The molecule has 0 aliphatic rings. The molecule has 0 saturated carbocycles. The first-order valence-corrected chi connectivity index (χ1v) is 10.1. The zero-order valence-electron chi connectivity index (χ0n) is 16.2. The van der Waals surface area contributed by atoms with Gasteiger partial charge in [0.25, 0.3) is 0 Å². The van der Waals surface area contributed by atoms with E-state index in [0.29, 0.717) is 0 Å². The van der Waals surface area contributed by atoms with Gasteiger partial charge in [-0.05, 0) is 61.6 Å². The molecule has 1 nitrogen and oxygen atoms in total. The lowest BCUT2D eigenvalue weighted by Gasteiger charge is -2.30. The number of hydrogen-bond acceptors (Lipinski definition) is 1. The minimum Gasteiger partial charge on any atom is -0.325 e. The fourth-order valence-electron chi connectivity index (χ4n) is 3.74. The molecule has 0 atom stereocenters. The second-order valence-corrected chi connectivity index (χ2v) is 7.67. The Bertz CT molecular complexity index is 722. The van der Waals surface area contributed by atoms with E-state index >= 15 is 0 Å². The molecule has 0 radical (unpaired) electrons. The van der Waals surface area contributed by atoms with Gasteiger partial charge in [0, 0.05) is 5.54 Å². The van der Waals surface area contributed by atoms with Gasteiger partial charge in [0.05, 0.1) is 0 Å². The van der Waals surface area contributed by atoms with Crippen LogP contribution in [-0.2, 0) is 19.3 Å². The Morgan fingerprint density at radius 1 is 0.481 bits per heavy atom. The molecule has 140 valence electrons. The molecule has 0 unspecified atom stereocenters. The third kappa shape index (κ3) is 6.69. The molecule has 3 aromatic rings. The highest BCUT2D eigenvalue weighted by atomic mass is 14.7. The SMILES string of the molecule is NC(CCCc1ccccc1)(CCc1ccccc1)CCc1ccccc1. The van der Waals surface area contributed by atoms with Crippen molar-refractivity contribution in [2.24, 2.45) is 5.73 Å². The van der Waals surface area contributed by atoms with Crippen molar-refractivity contribution < 1.29 is 0 Å². The van der Waals surface area contributed by atoms with Crippen LogP contribution in [0.3, 0.4) is 0 Å². The molecule has 2 N–H and O–H groups in total. The molecule has 0 bridgehead atoms. The molecular weight excluding hydrogens is 326 g/mol. The maximum absolute atomic E-state index is 6.96. The fraction of sp³-hybridized carbons (Fsp3) is 0.308. The van der Waals surface area contributed by atoms with Crippen LogP contribution in [0.4, 0.5) is 0 Å². The van der Waals surface area contributed by atoms with Gasteiger partial charge in [-0.1, -0.05) is 91.0 Å². The Hall–Kier alpha value is -2.38. The Balaban J connectivity index is 1.59. The van der Waals surface area contributed by atoms with Crippen molar-refractivity contribution in [3.8, 4) is 0 Å². The first kappa shape index (κ1) is 19.4. The van der Waals surface area contributed by atoms with Crippen LogP contribution in [0, 0.1) is 0 Å². The summed E-state index contributed by atoms with van der Waals surface area (Å²) in [5, 5.41) is 0. The zero-order chi connectivity index (χ0) is 18.8. The fourth-order valence-corrected chi connectivity index (χ4v) is 3.74. The number of rotatable bonds is 10. The van der Waals surface area contributed by atoms with Gasteiger partial charge in [0.15, 0.2) is 0 Å². The van der Waals surface area contributed by atoms with Crippen molar-refractivity contribution >= 4 is 0 Å². The topological polar surface area (TPSA) is 26.0 Å². The summed E-state index contributed by atoms with van der Waals surface area (Å²) in [7, 11) is 0. The summed E-state index contributed by atoms with van der Waals surface area (Å²) < 4.78 is 0. The predicted molar refractivity (Wildman–Crippen MR) is 116 cm³/mol. The van der Waals surface area contributed by atoms with E-state index in [9.17, 15) is 0 Å². The smallest absolute Gasteiger partial charge is 0.0160 e. The van der Waals surface area contributed by atoms with Crippen molar-refractivity contribution in [3.05, 3.63) is 108 Å². The van der Waals surface area contributed by atoms with E-state index in [1.807, 2.05) is 0 Å². The lowest BCUT2D eigenvalue weighted by atomic mass is 9.82. The second kappa shape index (κ2) is 10.1. The molecule has 3 aromatic carbocycles. The first-order valence-electron chi connectivity index (χ1n) is 10.1. The van der Waals surface area contributed by atoms with Crippen LogP contribution in [-0.4, -0.2) is 5.54 Å². The molecule has 0 saturated heterocycles. The van der Waals surface area contributed by atoms with Crippen LogP contribution in [0.15, 0.2) is 91.0 Å². The van der Waals surface area contributed by atoms with Gasteiger partial charge < -0.3 is 5.73 Å². The highest BCUT2D eigenvalue weighted by Crippen LogP contribution is 2.25. The minimum absolute atomic E-state index is 0.111. The Morgan fingerprint density at radius 2 is 0.852 bits per heavy atom. The monoisotopic (exact) mass is 357 g/mol. The van der Waals surface area contributed by atoms with E-state index in [1.165, 1.54) is 16.7 Å². The highest BCUT2D eigenvalue weighted by Gasteiger charge is 2.24. The molecule has 0 aliphatic heterocycles. The van der Waals surface area contributed by atoms with Crippen LogP contribution in [0.2, 0.25) is 0 Å². The summed E-state index contributed by atoms with van der Waals surface area (Å²) in [5.41, 5.74) is 11.0. The molecule has 0 aliphatic carbocycles. The Labute approximate surface area is 164 Å². The standard InChI is InChI=1S/C26H31N/c27-26(21-18-24-13-6-2-7-14-24,22-19-25-15-8-3-9-16-25)20-10-17-23-11-4-1-5-12-23/h1-9,11-16H,10,17-22,27H2. The molecule has 0 aromatic heterocycles. The van der Waals surface area contributed by atoms with Gasteiger partial charge >= 0.3 is 0 Å². The normalized spacial score (nSPS) is 11.4. The molecule has 0 amide bonds. The average molecular weight is 358 g/mol. The van der Waals surface area contributed by atoms with Gasteiger partial charge in [-0.25, -0.2) is 0 Å². The molecule has 0 fully saturated rings. The number of hydrogen-bond donors (Lipinski definition) is 1. The number of nitrogens with two attached hydrogens (primary N) is 1. The lowest BCUT2D eigenvalue weighted by molar-refractivity contribution is 0.331. The third-order valence-corrected chi connectivity index (χ3v) is 5.49. The molecule has 0 spiro atoms. The maximum Gasteiger partial charge on any atom is 0.0160 e. The van der Waals surface area contributed by atoms with E-state index in [-0.39, 0.29) is 5.54 Å². The van der Waals surface area contributed by atoms with Crippen LogP contribution < -0.4 is 5.73 Å². The average Bonchev–Trinajstić information content (AvgIpc) is 2.73. The third-order valence-electron chi connectivity index (χ3n) is 5.49. The summed E-state index contributed by atoms with van der Waals surface area (Å²) >= 11 is 0. The van der Waals surface area contributed by atoms with Gasteiger partial charge in [-0.2, -0.15) is 0 Å². The first-order chi connectivity index (χ1) is 13.2. The van der Waals surface area contributed by atoms with Crippen LogP contribution in [0.5, 0.6) is 0 Å². The van der Waals surface area contributed by atoms with Crippen LogP contribution in [0.1, 0.15) is 42.4 Å². The number of aryl methyl sites for hydroxylation is 3. The van der Waals surface area contributed by atoms with Crippen LogP contribution in [0.25, 0.3) is 0 Å². The van der Waals surface area contributed by atoms with E-state index in [4.69, 9.17) is 5.73 Å². The zero-order valence-corrected chi connectivity index (χ0v) is 16.2. The van der Waals surface area contributed by atoms with E-state index < -0.39 is 0 Å². The largest absolute Gasteiger partial charge is 0.325 e. The molecule has 1 heteroatoms. The van der Waals surface area contributed by atoms with Crippen molar-refractivity contribution in [3.63, 3.8) is 0 Å². The molecular formula is C26H31N. The maximum atomic E-state index is 6.96. The Kier molecular flexibility index (Phi) is 7.24. The minimum atomic E-state index is -0.111. The van der Waals surface area contributed by atoms with Crippen LogP contribution >= 0.6 is 0 Å². The van der Waals surface area contributed by atoms with Crippen molar-refractivity contribution in [2.45, 2.75) is 50.5 Å². The quantitative estimate of drug-likeness (QED) is 0.475. The summed E-state index contributed by atoms with van der Waals surface area (Å²) in [4.78, 5) is 0. The van der Waals surface area contributed by atoms with Crippen molar-refractivity contribution in [2.75, 3.05) is 0 Å².